The first-order chi connectivity index (χ1) is 8.56. The van der Waals surface area contributed by atoms with Crippen molar-refractivity contribution < 1.29 is 9.90 Å². The van der Waals surface area contributed by atoms with Crippen LogP contribution in [0.15, 0.2) is 18.2 Å². The summed E-state index contributed by atoms with van der Waals surface area (Å²) in [5.74, 6) is -0.399. The van der Waals surface area contributed by atoms with Crippen molar-refractivity contribution in [1.29, 1.82) is 0 Å². The van der Waals surface area contributed by atoms with Gasteiger partial charge in [0.2, 0.25) is 0 Å². The number of carbonyl (C=O) groups is 1. The van der Waals surface area contributed by atoms with Gasteiger partial charge in [-0.2, -0.15) is 0 Å². The van der Waals surface area contributed by atoms with Gasteiger partial charge in [-0.3, -0.25) is 0 Å². The van der Waals surface area contributed by atoms with Crippen molar-refractivity contribution in [1.82, 2.24) is 9.88 Å². The number of hydrogen-bond acceptors (Lipinski definition) is 4. The molecule has 5 nitrogen and oxygen atoms in total. The fourth-order valence-corrected chi connectivity index (χ4v) is 1.80. The Kier molecular flexibility index (Phi) is 5.58. The van der Waals surface area contributed by atoms with E-state index < -0.39 is 5.97 Å². The molecular weight excluding hydrogens is 230 g/mol. The number of nitrogens with zero attached hydrogens (tertiary/aromatic N) is 2. The monoisotopic (exact) mass is 251 g/mol. The van der Waals surface area contributed by atoms with E-state index in [1.165, 1.54) is 6.07 Å². The van der Waals surface area contributed by atoms with Crippen LogP contribution in [0.25, 0.3) is 0 Å². The summed E-state index contributed by atoms with van der Waals surface area (Å²) >= 11 is 0. The number of aromatic nitrogens is 1. The molecule has 1 unspecified atom stereocenters. The predicted molar refractivity (Wildman–Crippen MR) is 72.1 cm³/mol. The number of anilines is 1. The van der Waals surface area contributed by atoms with Crippen LogP contribution in [-0.4, -0.2) is 46.6 Å². The second kappa shape index (κ2) is 6.96. The van der Waals surface area contributed by atoms with Gasteiger partial charge in [0, 0.05) is 12.6 Å². The molecular formula is C13H21N3O2. The molecule has 0 aliphatic heterocycles. The van der Waals surface area contributed by atoms with Gasteiger partial charge in [-0.15, -0.1) is 0 Å². The maximum atomic E-state index is 10.8. The Morgan fingerprint density at radius 3 is 2.67 bits per heavy atom. The van der Waals surface area contributed by atoms with Crippen LogP contribution in [0.3, 0.4) is 0 Å². The summed E-state index contributed by atoms with van der Waals surface area (Å²) in [4.78, 5) is 17.2. The molecule has 1 rings (SSSR count). The van der Waals surface area contributed by atoms with E-state index in [1.807, 2.05) is 0 Å². The van der Waals surface area contributed by atoms with E-state index >= 15 is 0 Å². The standard InChI is InChI=1S/C13H21N3O2/c1-4-16(5-2)9-10(3)14-12-8-6-7-11(15-12)13(17)18/h6-8,10H,4-5,9H2,1-3H3,(H,14,15)(H,17,18). The van der Waals surface area contributed by atoms with E-state index in [0.29, 0.717) is 5.82 Å². The molecule has 0 aliphatic rings. The molecule has 5 heteroatoms. The van der Waals surface area contributed by atoms with E-state index in [4.69, 9.17) is 5.11 Å². The van der Waals surface area contributed by atoms with Gasteiger partial charge in [0.05, 0.1) is 0 Å². The predicted octanol–water partition coefficient (Wildman–Crippen LogP) is 1.92. The average molecular weight is 251 g/mol. The minimum atomic E-state index is -1.00. The molecule has 0 saturated carbocycles. The zero-order valence-electron chi connectivity index (χ0n) is 11.2. The molecule has 2 N–H and O–H groups in total. The van der Waals surface area contributed by atoms with Gasteiger partial charge in [0.25, 0.3) is 0 Å². The summed E-state index contributed by atoms with van der Waals surface area (Å²) in [5, 5.41) is 12.1. The Morgan fingerprint density at radius 1 is 1.44 bits per heavy atom. The normalized spacial score (nSPS) is 12.4. The van der Waals surface area contributed by atoms with Crippen LogP contribution < -0.4 is 5.32 Å². The second-order valence-electron chi connectivity index (χ2n) is 4.24. The van der Waals surface area contributed by atoms with E-state index in [1.54, 1.807) is 12.1 Å². The fraction of sp³-hybridized carbons (Fsp3) is 0.538. The van der Waals surface area contributed by atoms with Crippen molar-refractivity contribution in [3.63, 3.8) is 0 Å². The lowest BCUT2D eigenvalue weighted by molar-refractivity contribution is 0.0690. The van der Waals surface area contributed by atoms with Gasteiger partial charge < -0.3 is 15.3 Å². The summed E-state index contributed by atoms with van der Waals surface area (Å²) in [7, 11) is 0. The van der Waals surface area contributed by atoms with E-state index in [9.17, 15) is 4.79 Å². The van der Waals surface area contributed by atoms with Crippen LogP contribution in [0.1, 0.15) is 31.3 Å². The average Bonchev–Trinajstić information content (AvgIpc) is 2.36. The van der Waals surface area contributed by atoms with Crippen molar-refractivity contribution in [2.24, 2.45) is 0 Å². The van der Waals surface area contributed by atoms with Crippen molar-refractivity contribution in [2.45, 2.75) is 26.8 Å². The molecule has 18 heavy (non-hydrogen) atoms. The summed E-state index contributed by atoms with van der Waals surface area (Å²) in [6.45, 7) is 9.23. The molecule has 0 aliphatic carbocycles. The lowest BCUT2D eigenvalue weighted by Gasteiger charge is -2.23. The largest absolute Gasteiger partial charge is 0.477 e. The maximum Gasteiger partial charge on any atom is 0.354 e. The fourth-order valence-electron chi connectivity index (χ4n) is 1.80. The quantitative estimate of drug-likeness (QED) is 0.775. The highest BCUT2D eigenvalue weighted by Gasteiger charge is 2.09. The molecule has 1 atom stereocenters. The Bertz CT molecular complexity index is 392. The summed E-state index contributed by atoms with van der Waals surface area (Å²) in [5.41, 5.74) is 0.0649. The lowest BCUT2D eigenvalue weighted by atomic mass is 10.3. The Hall–Kier alpha value is -1.62. The van der Waals surface area contributed by atoms with Crippen molar-refractivity contribution in [2.75, 3.05) is 25.0 Å². The highest BCUT2D eigenvalue weighted by molar-refractivity contribution is 5.85. The van der Waals surface area contributed by atoms with Gasteiger partial charge in [-0.25, -0.2) is 9.78 Å². The third-order valence-electron chi connectivity index (χ3n) is 2.79. The SMILES string of the molecule is CCN(CC)CC(C)Nc1cccc(C(=O)O)n1. The smallest absolute Gasteiger partial charge is 0.354 e. The molecule has 1 heterocycles. The van der Waals surface area contributed by atoms with Crippen LogP contribution in [0.2, 0.25) is 0 Å². The Morgan fingerprint density at radius 2 is 2.11 bits per heavy atom. The van der Waals surface area contributed by atoms with E-state index in [-0.39, 0.29) is 11.7 Å². The van der Waals surface area contributed by atoms with Gasteiger partial charge in [-0.05, 0) is 32.1 Å². The van der Waals surface area contributed by atoms with E-state index in [2.05, 4.69) is 36.0 Å². The number of nitrogens with one attached hydrogen (secondary N) is 1. The van der Waals surface area contributed by atoms with Gasteiger partial charge in [0.15, 0.2) is 5.69 Å². The zero-order valence-corrected chi connectivity index (χ0v) is 11.2. The third kappa shape index (κ3) is 4.33. The molecule has 0 spiro atoms. The first-order valence-corrected chi connectivity index (χ1v) is 6.26. The number of carboxylic acid groups (broad SMARTS) is 1. The molecule has 0 amide bonds. The lowest BCUT2D eigenvalue weighted by Crippen LogP contribution is -2.35. The number of carboxylic acids is 1. The van der Waals surface area contributed by atoms with Crippen LogP contribution >= 0.6 is 0 Å². The van der Waals surface area contributed by atoms with Crippen molar-refractivity contribution in [3.05, 3.63) is 23.9 Å². The summed E-state index contributed by atoms with van der Waals surface area (Å²) in [6.07, 6.45) is 0. The van der Waals surface area contributed by atoms with Crippen LogP contribution in [0.5, 0.6) is 0 Å². The summed E-state index contributed by atoms with van der Waals surface area (Å²) in [6, 6.07) is 5.19. The van der Waals surface area contributed by atoms with Crippen molar-refractivity contribution >= 4 is 11.8 Å². The van der Waals surface area contributed by atoms with Gasteiger partial charge >= 0.3 is 5.97 Å². The molecule has 0 aromatic carbocycles. The molecule has 1 aromatic heterocycles. The minimum absolute atomic E-state index is 0.0649. The summed E-state index contributed by atoms with van der Waals surface area (Å²) < 4.78 is 0. The third-order valence-corrected chi connectivity index (χ3v) is 2.79. The number of aromatic carboxylic acids is 1. The molecule has 0 radical (unpaired) electrons. The number of likely N-dealkylation sites (N-methyl/N-ethyl adjacent to an activating group) is 1. The molecule has 0 bridgehead atoms. The maximum absolute atomic E-state index is 10.8. The van der Waals surface area contributed by atoms with Crippen LogP contribution in [0.4, 0.5) is 5.82 Å². The number of hydrogen-bond donors (Lipinski definition) is 2. The van der Waals surface area contributed by atoms with Gasteiger partial charge in [0.1, 0.15) is 5.82 Å². The van der Waals surface area contributed by atoms with Crippen LogP contribution in [0, 0.1) is 0 Å². The molecule has 0 saturated heterocycles. The molecule has 100 valence electrons. The highest BCUT2D eigenvalue weighted by atomic mass is 16.4. The minimum Gasteiger partial charge on any atom is -0.477 e. The van der Waals surface area contributed by atoms with E-state index in [0.717, 1.165) is 19.6 Å². The highest BCUT2D eigenvalue weighted by Crippen LogP contribution is 2.07. The van der Waals surface area contributed by atoms with Crippen molar-refractivity contribution in [3.8, 4) is 0 Å². The molecule has 0 fully saturated rings. The second-order valence-corrected chi connectivity index (χ2v) is 4.24. The zero-order chi connectivity index (χ0) is 13.5. The topological polar surface area (TPSA) is 65.5 Å². The number of rotatable bonds is 7. The first-order valence-electron chi connectivity index (χ1n) is 6.26. The Balaban J connectivity index is 2.61. The van der Waals surface area contributed by atoms with Crippen LogP contribution in [-0.2, 0) is 0 Å². The Labute approximate surface area is 108 Å². The number of pyridine rings is 1. The van der Waals surface area contributed by atoms with Gasteiger partial charge in [-0.1, -0.05) is 19.9 Å². The first kappa shape index (κ1) is 14.4. The molecule has 1 aromatic rings.